The van der Waals surface area contributed by atoms with Crippen LogP contribution in [0.25, 0.3) is 5.69 Å². The van der Waals surface area contributed by atoms with Crippen molar-refractivity contribution in [1.29, 1.82) is 0 Å². The lowest BCUT2D eigenvalue weighted by Crippen LogP contribution is -2.52. The molecule has 3 aliphatic rings. The van der Waals surface area contributed by atoms with Crippen molar-refractivity contribution in [2.45, 2.75) is 56.5 Å². The quantitative estimate of drug-likeness (QED) is 0.0672. The number of nitrogens with one attached hydrogen (secondary N) is 4. The number of piperazine rings is 1. The molecule has 3 aliphatic heterocycles. The number of ether oxygens (including phenoxy) is 1. The van der Waals surface area contributed by atoms with Crippen LogP contribution in [0.3, 0.4) is 0 Å². The van der Waals surface area contributed by atoms with Gasteiger partial charge in [-0.05, 0) is 67.8 Å². The number of nitrogens with zero attached hydrogens (tertiary/aromatic N) is 5. The van der Waals surface area contributed by atoms with E-state index < -0.39 is 53.2 Å². The van der Waals surface area contributed by atoms with Crippen molar-refractivity contribution in [3.63, 3.8) is 0 Å². The van der Waals surface area contributed by atoms with Gasteiger partial charge in [0.15, 0.2) is 5.69 Å². The summed E-state index contributed by atoms with van der Waals surface area (Å²) < 4.78 is 60.6. The van der Waals surface area contributed by atoms with Crippen molar-refractivity contribution in [2.75, 3.05) is 43.4 Å². The third-order valence-corrected chi connectivity index (χ3v) is 10.5. The second kappa shape index (κ2) is 17.3. The van der Waals surface area contributed by atoms with Gasteiger partial charge >= 0.3 is 18.2 Å². The number of halogens is 4. The zero-order chi connectivity index (χ0) is 41.8. The number of primary amides is 1. The Morgan fingerprint density at radius 2 is 1.75 bits per heavy atom. The molecule has 2 aromatic carbocycles. The lowest BCUT2D eigenvalue weighted by Gasteiger charge is -2.43. The molecule has 16 nitrogen and oxygen atoms in total. The van der Waals surface area contributed by atoms with Crippen LogP contribution in [0.15, 0.2) is 66.9 Å². The third kappa shape index (κ3) is 9.90. The molecule has 0 saturated carbocycles. The molecule has 4 amide bonds. The predicted molar refractivity (Wildman–Crippen MR) is 203 cm³/mol. The number of hydrogen-bond donors (Lipinski definition) is 5. The fourth-order valence-corrected chi connectivity index (χ4v) is 7.49. The van der Waals surface area contributed by atoms with Gasteiger partial charge < -0.3 is 26.4 Å². The summed E-state index contributed by atoms with van der Waals surface area (Å²) in [5.74, 6) is -3.46. The molecule has 3 saturated heterocycles. The molecule has 7 rings (SSSR count). The molecule has 2 aromatic heterocycles. The SMILES string of the molecule is NC(=O)OC(=O)c1nn(-c2ccc(CN3CCN(C4CCNC(c5ccc(NC6CCC(=O)NC6=O)cc5F)C4)CC3)cc2)cc1NC(=O)c1cccc(C(F)(F)F)n1. The summed E-state index contributed by atoms with van der Waals surface area (Å²) in [6, 6.07) is 14.4. The Hall–Kier alpha value is -6.25. The number of esters is 1. The molecule has 310 valence electrons. The summed E-state index contributed by atoms with van der Waals surface area (Å²) in [5, 5.41) is 15.2. The molecule has 0 radical (unpaired) electrons. The van der Waals surface area contributed by atoms with Crippen LogP contribution in [-0.2, 0) is 27.0 Å². The van der Waals surface area contributed by atoms with E-state index in [1.807, 2.05) is 12.1 Å². The van der Waals surface area contributed by atoms with E-state index in [2.05, 4.69) is 45.9 Å². The lowest BCUT2D eigenvalue weighted by atomic mass is 9.92. The summed E-state index contributed by atoms with van der Waals surface area (Å²) in [4.78, 5) is 68.5. The van der Waals surface area contributed by atoms with E-state index in [9.17, 15) is 37.1 Å². The molecule has 5 heterocycles. The summed E-state index contributed by atoms with van der Waals surface area (Å²) in [7, 11) is 0. The maximum Gasteiger partial charge on any atom is 0.433 e. The predicted octanol–water partition coefficient (Wildman–Crippen LogP) is 3.74. The fraction of sp³-hybridized carbons (Fsp3) is 0.359. The van der Waals surface area contributed by atoms with Crippen LogP contribution in [0.1, 0.15) is 69.5 Å². The number of hydrogen-bond acceptors (Lipinski definition) is 12. The van der Waals surface area contributed by atoms with E-state index in [-0.39, 0.29) is 35.9 Å². The van der Waals surface area contributed by atoms with E-state index in [4.69, 9.17) is 5.73 Å². The number of nitrogens with two attached hydrogens (primary N) is 1. The smallest absolute Gasteiger partial charge is 0.374 e. The maximum atomic E-state index is 15.4. The number of carbonyl (C=O) groups is 5. The highest BCUT2D eigenvalue weighted by molar-refractivity contribution is 6.07. The maximum absolute atomic E-state index is 15.4. The molecule has 0 bridgehead atoms. The van der Waals surface area contributed by atoms with Crippen LogP contribution in [0.5, 0.6) is 0 Å². The number of anilines is 2. The molecule has 20 heteroatoms. The Labute approximate surface area is 334 Å². The van der Waals surface area contributed by atoms with E-state index >= 15 is 4.39 Å². The molecular weight excluding hydrogens is 780 g/mol. The highest BCUT2D eigenvalue weighted by Crippen LogP contribution is 2.31. The Bertz CT molecular complexity index is 2240. The second-order valence-electron chi connectivity index (χ2n) is 14.5. The van der Waals surface area contributed by atoms with E-state index in [0.717, 1.165) is 63.3 Å². The van der Waals surface area contributed by atoms with Crippen molar-refractivity contribution >= 4 is 41.2 Å². The van der Waals surface area contributed by atoms with Crippen LogP contribution in [0, 0.1) is 5.82 Å². The zero-order valence-electron chi connectivity index (χ0n) is 31.4. The lowest BCUT2D eigenvalue weighted by molar-refractivity contribution is -0.141. The molecule has 3 atom stereocenters. The van der Waals surface area contributed by atoms with Gasteiger partial charge in [-0.2, -0.15) is 18.3 Å². The monoisotopic (exact) mass is 820 g/mol. The van der Waals surface area contributed by atoms with Gasteiger partial charge in [-0.25, -0.2) is 23.6 Å². The van der Waals surface area contributed by atoms with Gasteiger partial charge in [0.25, 0.3) is 5.91 Å². The average Bonchev–Trinajstić information content (AvgIpc) is 3.63. The van der Waals surface area contributed by atoms with Crippen LogP contribution >= 0.6 is 0 Å². The molecule has 3 fully saturated rings. The fourth-order valence-electron chi connectivity index (χ4n) is 7.49. The van der Waals surface area contributed by atoms with Gasteiger partial charge in [0.2, 0.25) is 11.8 Å². The van der Waals surface area contributed by atoms with E-state index in [0.29, 0.717) is 36.0 Å². The molecular formula is C39H40F4N10O6. The normalized spacial score (nSPS) is 20.4. The minimum Gasteiger partial charge on any atom is -0.374 e. The average molecular weight is 821 g/mol. The minimum atomic E-state index is -4.79. The van der Waals surface area contributed by atoms with Crippen LogP contribution in [0.2, 0.25) is 0 Å². The molecule has 59 heavy (non-hydrogen) atoms. The summed E-state index contributed by atoms with van der Waals surface area (Å²) in [6.07, 6.45) is -2.74. The first kappa shape index (κ1) is 40.9. The number of piperidine rings is 2. The van der Waals surface area contributed by atoms with Crippen molar-refractivity contribution < 1.29 is 46.3 Å². The first-order chi connectivity index (χ1) is 28.2. The number of carbonyl (C=O) groups excluding carboxylic acids is 5. The molecule has 0 aliphatic carbocycles. The Morgan fingerprint density at radius 1 is 0.983 bits per heavy atom. The topological polar surface area (TPSA) is 206 Å². The molecule has 4 aromatic rings. The molecule has 3 unspecified atom stereocenters. The summed E-state index contributed by atoms with van der Waals surface area (Å²) in [6.45, 7) is 4.65. The van der Waals surface area contributed by atoms with Crippen LogP contribution in [0.4, 0.5) is 33.7 Å². The minimum absolute atomic E-state index is 0.172. The number of rotatable bonds is 10. The second-order valence-corrected chi connectivity index (χ2v) is 14.5. The Balaban J connectivity index is 0.940. The van der Waals surface area contributed by atoms with Gasteiger partial charge in [-0.3, -0.25) is 29.5 Å². The molecule has 6 N–H and O–H groups in total. The molecule has 0 spiro atoms. The van der Waals surface area contributed by atoms with Gasteiger partial charge in [0.1, 0.15) is 23.2 Å². The Morgan fingerprint density at radius 3 is 2.44 bits per heavy atom. The van der Waals surface area contributed by atoms with Gasteiger partial charge in [0, 0.05) is 62.5 Å². The standard InChI is InChI=1S/C39H40F4N10O6/c40-27-18-23(46-29-10-11-33(54)49-36(29)56)6-9-26(27)30-19-25(12-13-45-30)52-16-14-51(15-17-52)20-22-4-7-24(8-5-22)53-21-31(34(50-53)37(57)59-38(44)58)48-35(55)28-2-1-3-32(47-28)39(41,42)43/h1-9,18,21,25,29-30,45-46H,10-17,19-20H2,(H2,44,58)(H,48,55)(H,49,54,56). The summed E-state index contributed by atoms with van der Waals surface area (Å²) >= 11 is 0. The van der Waals surface area contributed by atoms with E-state index in [1.54, 1.807) is 24.3 Å². The largest absolute Gasteiger partial charge is 0.433 e. The van der Waals surface area contributed by atoms with Crippen molar-refractivity contribution in [2.24, 2.45) is 5.73 Å². The van der Waals surface area contributed by atoms with Crippen LogP contribution < -0.4 is 27.0 Å². The van der Waals surface area contributed by atoms with Crippen molar-refractivity contribution in [3.05, 3.63) is 101 Å². The van der Waals surface area contributed by atoms with Crippen molar-refractivity contribution in [3.8, 4) is 5.69 Å². The van der Waals surface area contributed by atoms with Gasteiger partial charge in [0.05, 0.1) is 17.6 Å². The number of imide groups is 1. The number of alkyl halides is 3. The highest BCUT2D eigenvalue weighted by Gasteiger charge is 2.34. The first-order valence-electron chi connectivity index (χ1n) is 18.9. The van der Waals surface area contributed by atoms with Crippen LogP contribution in [-0.4, -0.2) is 99.2 Å². The number of amides is 4. The highest BCUT2D eigenvalue weighted by atomic mass is 19.4. The van der Waals surface area contributed by atoms with Gasteiger partial charge in [-0.1, -0.05) is 24.3 Å². The van der Waals surface area contributed by atoms with E-state index in [1.165, 1.54) is 16.9 Å². The zero-order valence-corrected chi connectivity index (χ0v) is 31.4. The van der Waals surface area contributed by atoms with Gasteiger partial charge in [-0.15, -0.1) is 0 Å². The summed E-state index contributed by atoms with van der Waals surface area (Å²) in [5.41, 5.74) is 4.84. The number of benzene rings is 2. The third-order valence-electron chi connectivity index (χ3n) is 10.5. The van der Waals surface area contributed by atoms with Crippen molar-refractivity contribution in [1.82, 2.24) is 35.2 Å². The number of pyridine rings is 1. The first-order valence-corrected chi connectivity index (χ1v) is 18.9. The number of aromatic nitrogens is 3. The Kier molecular flexibility index (Phi) is 12.0.